The first kappa shape index (κ1) is 27.5. The Morgan fingerprint density at radius 3 is 1.57 bits per heavy atom. The van der Waals surface area contributed by atoms with E-state index in [1.54, 1.807) is 0 Å². The zero-order valence-corrected chi connectivity index (χ0v) is 26.9. The molecule has 0 amide bonds. The molecule has 0 spiro atoms. The van der Waals surface area contributed by atoms with E-state index in [4.69, 9.17) is 24.1 Å². The molecule has 47 heavy (non-hydrogen) atoms. The Kier molecular flexibility index (Phi) is 6.20. The van der Waals surface area contributed by atoms with Crippen LogP contribution in [0.1, 0.15) is 0 Å². The Balaban J connectivity index is 1.11. The molecule has 2 aromatic heterocycles. The number of hydrogen-bond donors (Lipinski definition) is 0. The Labute approximate surface area is 273 Å². The zero-order valence-electron chi connectivity index (χ0n) is 25.9. The molecular weight excluding hydrogens is 595 g/mol. The van der Waals surface area contributed by atoms with Crippen molar-refractivity contribution in [2.24, 2.45) is 0 Å². The molecule has 5 nitrogen and oxygen atoms in total. The van der Waals surface area contributed by atoms with Crippen LogP contribution in [0, 0.1) is 0 Å². The van der Waals surface area contributed by atoms with E-state index in [1.807, 2.05) is 72.8 Å². The molecule has 0 radical (unpaired) electrons. The lowest BCUT2D eigenvalue weighted by molar-refractivity contribution is 0.487. The topological polar surface area (TPSA) is 61.0 Å². The summed E-state index contributed by atoms with van der Waals surface area (Å²) >= 11 is 0. The summed E-state index contributed by atoms with van der Waals surface area (Å²) in [5.74, 6) is 3.79. The van der Waals surface area contributed by atoms with Crippen LogP contribution in [-0.2, 0) is 0 Å². The van der Waals surface area contributed by atoms with Crippen molar-refractivity contribution in [2.75, 3.05) is 0 Å². The maximum atomic E-state index is 6.50. The molecule has 0 bridgehead atoms. The Morgan fingerprint density at radius 1 is 0.426 bits per heavy atom. The van der Waals surface area contributed by atoms with E-state index < -0.39 is 8.07 Å². The van der Waals surface area contributed by atoms with Gasteiger partial charge in [0.15, 0.2) is 17.5 Å². The SMILES string of the molecule is C[Si]1(C)c2ccccc2Oc2cc(-c3ccc4c(c3)oc3cc(-c5nc(-c6ccccc6)nc(-c6ccccc6)n5)ccc34)ccc21. The molecule has 224 valence electrons. The van der Waals surface area contributed by atoms with Gasteiger partial charge < -0.3 is 9.15 Å². The van der Waals surface area contributed by atoms with Crippen molar-refractivity contribution in [3.63, 3.8) is 0 Å². The second-order valence-corrected chi connectivity index (χ2v) is 16.8. The molecule has 1 aliphatic rings. The number of aromatic nitrogens is 3. The van der Waals surface area contributed by atoms with Crippen LogP contribution in [-0.4, -0.2) is 23.0 Å². The first-order valence-corrected chi connectivity index (χ1v) is 18.8. The summed E-state index contributed by atoms with van der Waals surface area (Å²) in [4.78, 5) is 14.6. The molecule has 0 saturated heterocycles. The average Bonchev–Trinajstić information content (AvgIpc) is 3.49. The van der Waals surface area contributed by atoms with Gasteiger partial charge in [0, 0.05) is 27.5 Å². The van der Waals surface area contributed by atoms with Crippen molar-refractivity contribution in [2.45, 2.75) is 13.1 Å². The predicted molar refractivity (Wildman–Crippen MR) is 192 cm³/mol. The van der Waals surface area contributed by atoms with E-state index in [0.717, 1.165) is 61.3 Å². The molecule has 9 rings (SSSR count). The van der Waals surface area contributed by atoms with E-state index in [2.05, 4.69) is 79.8 Å². The fourth-order valence-corrected chi connectivity index (χ4v) is 9.46. The van der Waals surface area contributed by atoms with E-state index >= 15 is 0 Å². The number of ether oxygens (including phenoxy) is 1. The van der Waals surface area contributed by atoms with Gasteiger partial charge in [0.05, 0.1) is 0 Å². The second kappa shape index (κ2) is 10.6. The zero-order chi connectivity index (χ0) is 31.5. The third-order valence-corrected chi connectivity index (χ3v) is 12.7. The minimum atomic E-state index is -1.86. The molecule has 6 heteroatoms. The predicted octanol–water partition coefficient (Wildman–Crippen LogP) is 9.37. The van der Waals surface area contributed by atoms with Crippen LogP contribution in [0.5, 0.6) is 11.5 Å². The Morgan fingerprint density at radius 2 is 0.915 bits per heavy atom. The minimum Gasteiger partial charge on any atom is -0.458 e. The van der Waals surface area contributed by atoms with Gasteiger partial charge >= 0.3 is 0 Å². The van der Waals surface area contributed by atoms with Crippen LogP contribution in [0.3, 0.4) is 0 Å². The van der Waals surface area contributed by atoms with Crippen molar-refractivity contribution < 1.29 is 9.15 Å². The number of para-hydroxylation sites is 1. The summed E-state index contributed by atoms with van der Waals surface area (Å²) in [6.45, 7) is 4.78. The van der Waals surface area contributed by atoms with Gasteiger partial charge in [-0.1, -0.05) is 116 Å². The third-order valence-electron chi connectivity index (χ3n) is 9.20. The fourth-order valence-electron chi connectivity index (χ4n) is 6.67. The van der Waals surface area contributed by atoms with Crippen molar-refractivity contribution in [1.29, 1.82) is 0 Å². The average molecular weight is 624 g/mol. The standard InChI is InChI=1S/C41H29N3O2Si/c1-47(2)37-16-10-9-15-33(37)45-36-24-29(19-22-38(36)47)28-17-20-31-32-21-18-30(25-35(32)46-34(31)23-28)41-43-39(26-11-5-3-6-12-26)42-40(44-41)27-13-7-4-8-14-27/h3-25H,1-2H3. The number of hydrogen-bond acceptors (Lipinski definition) is 5. The van der Waals surface area contributed by atoms with Gasteiger partial charge in [-0.05, 0) is 57.9 Å². The summed E-state index contributed by atoms with van der Waals surface area (Å²) in [6, 6.07) is 47.8. The smallest absolute Gasteiger partial charge is 0.164 e. The Hall–Kier alpha value is -5.85. The van der Waals surface area contributed by atoms with Crippen molar-refractivity contribution in [3.05, 3.63) is 140 Å². The lowest BCUT2D eigenvalue weighted by Crippen LogP contribution is -2.55. The molecule has 0 fully saturated rings. The summed E-state index contributed by atoms with van der Waals surface area (Å²) in [5.41, 5.74) is 6.55. The fraction of sp³-hybridized carbons (Fsp3) is 0.0488. The number of furan rings is 1. The van der Waals surface area contributed by atoms with Crippen LogP contribution in [0.2, 0.25) is 13.1 Å². The highest BCUT2D eigenvalue weighted by atomic mass is 28.3. The van der Waals surface area contributed by atoms with Gasteiger partial charge in [0.2, 0.25) is 0 Å². The summed E-state index contributed by atoms with van der Waals surface area (Å²) < 4.78 is 12.9. The van der Waals surface area contributed by atoms with Crippen LogP contribution in [0.25, 0.3) is 67.2 Å². The van der Waals surface area contributed by atoms with Crippen LogP contribution >= 0.6 is 0 Å². The highest BCUT2D eigenvalue weighted by Crippen LogP contribution is 2.37. The maximum absolute atomic E-state index is 6.50. The van der Waals surface area contributed by atoms with Crippen LogP contribution in [0.15, 0.2) is 144 Å². The van der Waals surface area contributed by atoms with Crippen molar-refractivity contribution in [3.8, 4) is 56.8 Å². The van der Waals surface area contributed by atoms with Gasteiger partial charge in [-0.3, -0.25) is 0 Å². The van der Waals surface area contributed by atoms with Crippen LogP contribution in [0.4, 0.5) is 0 Å². The van der Waals surface area contributed by atoms with Gasteiger partial charge in [-0.2, -0.15) is 0 Å². The summed E-state index contributed by atoms with van der Waals surface area (Å²) in [7, 11) is -1.86. The molecule has 0 saturated carbocycles. The normalized spacial score (nSPS) is 13.2. The molecular formula is C41H29N3O2Si. The first-order valence-electron chi connectivity index (χ1n) is 15.8. The number of benzene rings is 6. The number of rotatable bonds is 4. The first-order chi connectivity index (χ1) is 23.0. The van der Waals surface area contributed by atoms with Gasteiger partial charge in [0.25, 0.3) is 0 Å². The maximum Gasteiger partial charge on any atom is 0.164 e. The quantitative estimate of drug-likeness (QED) is 0.183. The molecule has 1 aliphatic heterocycles. The third kappa shape index (κ3) is 4.65. The number of nitrogens with zero attached hydrogens (tertiary/aromatic N) is 3. The minimum absolute atomic E-state index is 0.600. The van der Waals surface area contributed by atoms with Gasteiger partial charge in [-0.25, -0.2) is 15.0 Å². The molecule has 0 aliphatic carbocycles. The summed E-state index contributed by atoms with van der Waals surface area (Å²) in [5, 5.41) is 4.78. The summed E-state index contributed by atoms with van der Waals surface area (Å²) in [6.07, 6.45) is 0. The Bertz CT molecular complexity index is 2410. The molecule has 8 aromatic rings. The lowest BCUT2D eigenvalue weighted by Gasteiger charge is -2.33. The van der Waals surface area contributed by atoms with Crippen molar-refractivity contribution >= 4 is 40.4 Å². The van der Waals surface area contributed by atoms with E-state index in [1.165, 1.54) is 10.4 Å². The highest BCUT2D eigenvalue weighted by Gasteiger charge is 2.36. The highest BCUT2D eigenvalue weighted by molar-refractivity contribution is 7.01. The monoisotopic (exact) mass is 623 g/mol. The number of fused-ring (bicyclic) bond motifs is 5. The second-order valence-electron chi connectivity index (χ2n) is 12.5. The molecule has 3 heterocycles. The molecule has 0 atom stereocenters. The van der Waals surface area contributed by atoms with E-state index in [-0.39, 0.29) is 0 Å². The van der Waals surface area contributed by atoms with E-state index in [9.17, 15) is 0 Å². The molecule has 0 unspecified atom stereocenters. The molecule has 6 aromatic carbocycles. The van der Waals surface area contributed by atoms with Gasteiger partial charge in [0.1, 0.15) is 30.7 Å². The van der Waals surface area contributed by atoms with E-state index in [0.29, 0.717) is 17.5 Å². The lowest BCUT2D eigenvalue weighted by atomic mass is 10.0. The van der Waals surface area contributed by atoms with Crippen LogP contribution < -0.4 is 15.1 Å². The molecule has 0 N–H and O–H groups in total. The van der Waals surface area contributed by atoms with Gasteiger partial charge in [-0.15, -0.1) is 0 Å². The van der Waals surface area contributed by atoms with Crippen molar-refractivity contribution in [1.82, 2.24) is 15.0 Å². The largest absolute Gasteiger partial charge is 0.458 e.